The van der Waals surface area contributed by atoms with Crippen LogP contribution in [0.25, 0.3) is 0 Å². The number of carbonyl (C=O) groups is 3. The van der Waals surface area contributed by atoms with E-state index in [4.69, 9.17) is 0 Å². The Bertz CT molecular complexity index is 620. The van der Waals surface area contributed by atoms with E-state index in [1.165, 1.54) is 12.1 Å². The molecule has 0 aliphatic carbocycles. The second-order valence-corrected chi connectivity index (χ2v) is 5.45. The van der Waals surface area contributed by atoms with Gasteiger partial charge < -0.3 is 10.6 Å². The molecular formula is C13H12F3N3O3S. The Kier molecular flexibility index (Phi) is 5.14. The van der Waals surface area contributed by atoms with Crippen molar-refractivity contribution < 1.29 is 27.6 Å². The second kappa shape index (κ2) is 6.90. The van der Waals surface area contributed by atoms with Gasteiger partial charge in [0.05, 0.1) is 17.0 Å². The molecule has 0 aromatic heterocycles. The quantitative estimate of drug-likeness (QED) is 0.877. The molecule has 1 aromatic rings. The molecule has 0 atom stereocenters. The summed E-state index contributed by atoms with van der Waals surface area (Å²) in [5.41, 5.74) is -1.34. The topological polar surface area (TPSA) is 78.5 Å². The minimum absolute atomic E-state index is 0.0288. The van der Waals surface area contributed by atoms with E-state index in [1.807, 2.05) is 0 Å². The van der Waals surface area contributed by atoms with Crippen molar-refractivity contribution in [2.75, 3.05) is 24.2 Å². The third kappa shape index (κ3) is 4.38. The number of hydrogen-bond acceptors (Lipinski definition) is 4. The molecule has 0 unspecified atom stereocenters. The van der Waals surface area contributed by atoms with E-state index in [0.29, 0.717) is 0 Å². The Balaban J connectivity index is 1.88. The molecule has 1 heterocycles. The average Bonchev–Trinajstić information content (AvgIpc) is 2.78. The standard InChI is InChI=1S/C13H12F3N3O3S/c14-13(15,16)8-3-1-2-4-9(8)18-11(21)17-5-6-19-10(20)7-23-12(19)22/h1-4H,5-7H2,(H2,17,18,21). The molecule has 1 aromatic carbocycles. The highest BCUT2D eigenvalue weighted by molar-refractivity contribution is 8.14. The molecule has 6 nitrogen and oxygen atoms in total. The van der Waals surface area contributed by atoms with Crippen molar-refractivity contribution in [2.24, 2.45) is 0 Å². The molecule has 1 fully saturated rings. The molecule has 1 aliphatic rings. The van der Waals surface area contributed by atoms with Crippen LogP contribution in [-0.2, 0) is 11.0 Å². The van der Waals surface area contributed by atoms with E-state index in [2.05, 4.69) is 10.6 Å². The van der Waals surface area contributed by atoms with Gasteiger partial charge in [-0.05, 0) is 12.1 Å². The first-order valence-corrected chi connectivity index (χ1v) is 7.46. The molecule has 2 rings (SSSR count). The number of halogens is 3. The fraction of sp³-hybridized carbons (Fsp3) is 0.308. The number of thioether (sulfide) groups is 1. The summed E-state index contributed by atoms with van der Waals surface area (Å²) in [6.45, 7) is -0.0862. The molecule has 0 saturated carbocycles. The van der Waals surface area contributed by atoms with Crippen molar-refractivity contribution in [3.8, 4) is 0 Å². The SMILES string of the molecule is O=C(NCCN1C(=O)CSC1=O)Nc1ccccc1C(F)(F)F. The first kappa shape index (κ1) is 17.1. The fourth-order valence-corrected chi connectivity index (χ4v) is 2.64. The zero-order valence-electron chi connectivity index (χ0n) is 11.6. The molecule has 0 spiro atoms. The van der Waals surface area contributed by atoms with Gasteiger partial charge in [-0.2, -0.15) is 13.2 Å². The number of imide groups is 1. The molecule has 10 heteroatoms. The van der Waals surface area contributed by atoms with Crippen LogP contribution < -0.4 is 10.6 Å². The highest BCUT2D eigenvalue weighted by Gasteiger charge is 2.33. The summed E-state index contributed by atoms with van der Waals surface area (Å²) in [5.74, 6) is -0.297. The first-order chi connectivity index (χ1) is 10.8. The maximum atomic E-state index is 12.8. The van der Waals surface area contributed by atoms with Gasteiger partial charge in [-0.1, -0.05) is 23.9 Å². The number of hydrogen-bond donors (Lipinski definition) is 2. The minimum Gasteiger partial charge on any atom is -0.336 e. The van der Waals surface area contributed by atoms with Crippen LogP contribution in [0.1, 0.15) is 5.56 Å². The third-order valence-electron chi connectivity index (χ3n) is 2.94. The number of alkyl halides is 3. The van der Waals surface area contributed by atoms with Crippen LogP contribution in [0.5, 0.6) is 0 Å². The molecular weight excluding hydrogens is 335 g/mol. The zero-order chi connectivity index (χ0) is 17.0. The smallest absolute Gasteiger partial charge is 0.336 e. The average molecular weight is 347 g/mol. The van der Waals surface area contributed by atoms with Crippen LogP contribution >= 0.6 is 11.8 Å². The third-order valence-corrected chi connectivity index (χ3v) is 3.80. The summed E-state index contributed by atoms with van der Waals surface area (Å²) in [6, 6.07) is 3.71. The van der Waals surface area contributed by atoms with Crippen molar-refractivity contribution >= 4 is 34.6 Å². The van der Waals surface area contributed by atoms with Crippen molar-refractivity contribution in [2.45, 2.75) is 6.18 Å². The normalized spacial score (nSPS) is 15.0. The highest BCUT2D eigenvalue weighted by atomic mass is 32.2. The summed E-state index contributed by atoms with van der Waals surface area (Å²) in [4.78, 5) is 35.3. The summed E-state index contributed by atoms with van der Waals surface area (Å²) in [5, 5.41) is 4.00. The van der Waals surface area contributed by atoms with Crippen molar-refractivity contribution in [3.05, 3.63) is 29.8 Å². The highest BCUT2D eigenvalue weighted by Crippen LogP contribution is 2.34. The van der Waals surface area contributed by atoms with Gasteiger partial charge in [0.25, 0.3) is 5.24 Å². The Morgan fingerprint density at radius 1 is 1.26 bits per heavy atom. The van der Waals surface area contributed by atoms with E-state index in [9.17, 15) is 27.6 Å². The van der Waals surface area contributed by atoms with E-state index in [-0.39, 0.29) is 30.4 Å². The molecule has 1 saturated heterocycles. The Labute approximate surface area is 133 Å². The largest absolute Gasteiger partial charge is 0.418 e. The van der Waals surface area contributed by atoms with Crippen molar-refractivity contribution in [3.63, 3.8) is 0 Å². The minimum atomic E-state index is -4.59. The number of amides is 4. The summed E-state index contributed by atoms with van der Waals surface area (Å²) in [7, 11) is 0. The lowest BCUT2D eigenvalue weighted by Gasteiger charge is -2.15. The summed E-state index contributed by atoms with van der Waals surface area (Å²) in [6.07, 6.45) is -4.59. The van der Waals surface area contributed by atoms with Gasteiger partial charge in [-0.25, -0.2) is 4.79 Å². The number of benzene rings is 1. The Morgan fingerprint density at radius 3 is 2.57 bits per heavy atom. The van der Waals surface area contributed by atoms with Gasteiger partial charge in [-0.3, -0.25) is 14.5 Å². The molecule has 0 bridgehead atoms. The maximum Gasteiger partial charge on any atom is 0.418 e. The lowest BCUT2D eigenvalue weighted by molar-refractivity contribution is -0.137. The van der Waals surface area contributed by atoms with Crippen LogP contribution in [0.2, 0.25) is 0 Å². The van der Waals surface area contributed by atoms with Crippen LogP contribution in [0.15, 0.2) is 24.3 Å². The number of rotatable bonds is 4. The molecule has 124 valence electrons. The van der Waals surface area contributed by atoms with Gasteiger partial charge in [0.2, 0.25) is 5.91 Å². The van der Waals surface area contributed by atoms with E-state index >= 15 is 0 Å². The summed E-state index contributed by atoms with van der Waals surface area (Å²) >= 11 is 0.864. The first-order valence-electron chi connectivity index (χ1n) is 6.47. The van der Waals surface area contributed by atoms with Crippen LogP contribution in [-0.4, -0.2) is 40.9 Å². The molecule has 1 aliphatic heterocycles. The van der Waals surface area contributed by atoms with Gasteiger partial charge >= 0.3 is 12.2 Å². The zero-order valence-corrected chi connectivity index (χ0v) is 12.5. The maximum absolute atomic E-state index is 12.8. The molecule has 0 radical (unpaired) electrons. The second-order valence-electron chi connectivity index (χ2n) is 4.52. The van der Waals surface area contributed by atoms with Gasteiger partial charge in [-0.15, -0.1) is 0 Å². The number of urea groups is 1. The van der Waals surface area contributed by atoms with Crippen molar-refractivity contribution in [1.82, 2.24) is 10.2 Å². The van der Waals surface area contributed by atoms with Crippen molar-refractivity contribution in [1.29, 1.82) is 0 Å². The Hall–Kier alpha value is -2.23. The van der Waals surface area contributed by atoms with E-state index in [0.717, 1.165) is 28.8 Å². The van der Waals surface area contributed by atoms with E-state index in [1.54, 1.807) is 0 Å². The monoisotopic (exact) mass is 347 g/mol. The van der Waals surface area contributed by atoms with Gasteiger partial charge in [0.15, 0.2) is 0 Å². The number of carbonyl (C=O) groups excluding carboxylic acids is 3. The lowest BCUT2D eigenvalue weighted by atomic mass is 10.1. The Morgan fingerprint density at radius 2 is 1.96 bits per heavy atom. The predicted molar refractivity (Wildman–Crippen MR) is 78.0 cm³/mol. The molecule has 2 N–H and O–H groups in total. The van der Waals surface area contributed by atoms with Gasteiger partial charge in [0.1, 0.15) is 0 Å². The molecule has 4 amide bonds. The number of para-hydroxylation sites is 1. The fourth-order valence-electron chi connectivity index (χ4n) is 1.88. The van der Waals surface area contributed by atoms with Gasteiger partial charge in [0, 0.05) is 13.1 Å². The summed E-state index contributed by atoms with van der Waals surface area (Å²) < 4.78 is 38.4. The number of anilines is 1. The van der Waals surface area contributed by atoms with Crippen LogP contribution in [0.4, 0.5) is 28.4 Å². The van der Waals surface area contributed by atoms with Crippen LogP contribution in [0, 0.1) is 0 Å². The number of nitrogens with one attached hydrogen (secondary N) is 2. The lowest BCUT2D eigenvalue weighted by Crippen LogP contribution is -2.39. The number of nitrogens with zero attached hydrogens (tertiary/aromatic N) is 1. The predicted octanol–water partition coefficient (Wildman–Crippen LogP) is 2.52. The van der Waals surface area contributed by atoms with E-state index < -0.39 is 23.0 Å². The van der Waals surface area contributed by atoms with Crippen LogP contribution in [0.3, 0.4) is 0 Å². The molecule has 23 heavy (non-hydrogen) atoms.